The van der Waals surface area contributed by atoms with Crippen LogP contribution in [0.5, 0.6) is 0 Å². The second-order valence-corrected chi connectivity index (χ2v) is 7.41. The molecule has 2 aromatic rings. The molecule has 0 N–H and O–H groups in total. The average Bonchev–Trinajstić information content (AvgIpc) is 2.84. The second kappa shape index (κ2) is 6.94. The zero-order chi connectivity index (χ0) is 17.3. The molecule has 1 fully saturated rings. The number of nitrogens with zero attached hydrogens (tertiary/aromatic N) is 4. The molecule has 0 saturated carbocycles. The third-order valence-corrected chi connectivity index (χ3v) is 5.09. The predicted molar refractivity (Wildman–Crippen MR) is 92.1 cm³/mol. The van der Waals surface area contributed by atoms with E-state index < -0.39 is 0 Å². The Kier molecular flexibility index (Phi) is 4.91. The highest BCUT2D eigenvalue weighted by Crippen LogP contribution is 2.22. The van der Waals surface area contributed by atoms with Gasteiger partial charge in [-0.3, -0.25) is 4.79 Å². The average molecular weight is 346 g/mol. The molecule has 1 aliphatic heterocycles. The van der Waals surface area contributed by atoms with Crippen LogP contribution in [0.1, 0.15) is 38.9 Å². The number of amides is 1. The van der Waals surface area contributed by atoms with Gasteiger partial charge in [-0.1, -0.05) is 0 Å². The number of aromatic nitrogens is 3. The first-order valence-electron chi connectivity index (χ1n) is 8.07. The monoisotopic (exact) mass is 346 g/mol. The van der Waals surface area contributed by atoms with Crippen molar-refractivity contribution in [3.8, 4) is 0 Å². The van der Waals surface area contributed by atoms with E-state index in [1.54, 1.807) is 11.3 Å². The van der Waals surface area contributed by atoms with E-state index in [-0.39, 0.29) is 12.0 Å². The van der Waals surface area contributed by atoms with E-state index in [9.17, 15) is 4.79 Å². The van der Waals surface area contributed by atoms with Gasteiger partial charge in [0.2, 0.25) is 5.91 Å². The lowest BCUT2D eigenvalue weighted by atomic mass is 10.2. The molecule has 1 saturated heterocycles. The summed E-state index contributed by atoms with van der Waals surface area (Å²) in [5.41, 5.74) is 2.79. The van der Waals surface area contributed by atoms with Gasteiger partial charge in [0.25, 0.3) is 0 Å². The summed E-state index contributed by atoms with van der Waals surface area (Å²) >= 11 is 1.59. The van der Waals surface area contributed by atoms with E-state index in [4.69, 9.17) is 4.74 Å². The quantitative estimate of drug-likeness (QED) is 0.853. The molecule has 3 rings (SSSR count). The number of rotatable bonds is 3. The third kappa shape index (κ3) is 3.79. The van der Waals surface area contributed by atoms with Crippen LogP contribution in [0.15, 0.2) is 6.07 Å². The van der Waals surface area contributed by atoms with Crippen molar-refractivity contribution in [1.82, 2.24) is 19.9 Å². The number of hydrogen-bond donors (Lipinski definition) is 0. The van der Waals surface area contributed by atoms with Gasteiger partial charge in [-0.2, -0.15) is 0 Å². The smallest absolute Gasteiger partial charge is 0.228 e. The fraction of sp³-hybridized carbons (Fsp3) is 0.529. The Morgan fingerprint density at radius 3 is 2.58 bits per heavy atom. The molecule has 24 heavy (non-hydrogen) atoms. The molecular formula is C17H22N4O2S. The van der Waals surface area contributed by atoms with Gasteiger partial charge in [-0.05, 0) is 33.8 Å². The number of aryl methyl sites for hydroxylation is 4. The molecule has 3 heterocycles. The van der Waals surface area contributed by atoms with Crippen LogP contribution < -0.4 is 0 Å². The van der Waals surface area contributed by atoms with Crippen LogP contribution in [0.3, 0.4) is 0 Å². The number of hydrogen-bond acceptors (Lipinski definition) is 6. The molecule has 0 aromatic carbocycles. The van der Waals surface area contributed by atoms with Crippen molar-refractivity contribution >= 4 is 17.2 Å². The zero-order valence-corrected chi connectivity index (χ0v) is 15.3. The van der Waals surface area contributed by atoms with Crippen molar-refractivity contribution in [2.75, 3.05) is 19.7 Å². The number of carbonyl (C=O) groups is 1. The summed E-state index contributed by atoms with van der Waals surface area (Å²) in [4.78, 5) is 28.9. The summed E-state index contributed by atoms with van der Waals surface area (Å²) in [6.45, 7) is 9.42. The lowest BCUT2D eigenvalue weighted by Crippen LogP contribution is -2.43. The van der Waals surface area contributed by atoms with Crippen molar-refractivity contribution in [1.29, 1.82) is 0 Å². The molecule has 0 radical (unpaired) electrons. The Bertz CT molecular complexity index is 739. The first-order chi connectivity index (χ1) is 11.4. The van der Waals surface area contributed by atoms with E-state index in [1.807, 2.05) is 38.7 Å². The first kappa shape index (κ1) is 17.0. The summed E-state index contributed by atoms with van der Waals surface area (Å²) in [6, 6.07) is 1.93. The van der Waals surface area contributed by atoms with Gasteiger partial charge >= 0.3 is 0 Å². The minimum atomic E-state index is -0.259. The minimum Gasteiger partial charge on any atom is -0.367 e. The van der Waals surface area contributed by atoms with Gasteiger partial charge < -0.3 is 9.64 Å². The number of morpholine rings is 1. The topological polar surface area (TPSA) is 68.2 Å². The van der Waals surface area contributed by atoms with Gasteiger partial charge in [0.05, 0.1) is 30.3 Å². The molecule has 128 valence electrons. The molecule has 1 aliphatic rings. The summed E-state index contributed by atoms with van der Waals surface area (Å²) in [5.74, 6) is 0.772. The van der Waals surface area contributed by atoms with Crippen molar-refractivity contribution in [3.05, 3.63) is 38.9 Å². The summed E-state index contributed by atoms with van der Waals surface area (Å²) in [7, 11) is 0. The number of carbonyl (C=O) groups excluding carboxylic acids is 1. The first-order valence-corrected chi connectivity index (χ1v) is 8.88. The fourth-order valence-corrected chi connectivity index (χ4v) is 3.84. The second-order valence-electron chi connectivity index (χ2n) is 6.13. The Labute approximate surface area is 145 Å². The predicted octanol–water partition coefficient (Wildman–Crippen LogP) is 2.31. The van der Waals surface area contributed by atoms with Gasteiger partial charge in [0, 0.05) is 22.8 Å². The minimum absolute atomic E-state index is 0.111. The van der Waals surface area contributed by atoms with Crippen LogP contribution in [0, 0.1) is 27.7 Å². The Morgan fingerprint density at radius 2 is 1.96 bits per heavy atom. The highest BCUT2D eigenvalue weighted by Gasteiger charge is 2.28. The SMILES string of the molecule is Cc1cc(C)nc(C2CN(C(=O)Cc3sc(C)nc3C)CCO2)n1. The zero-order valence-electron chi connectivity index (χ0n) is 14.5. The molecular weight excluding hydrogens is 324 g/mol. The molecule has 2 aromatic heterocycles. The Morgan fingerprint density at radius 1 is 1.25 bits per heavy atom. The van der Waals surface area contributed by atoms with E-state index in [1.165, 1.54) is 0 Å². The molecule has 1 amide bonds. The van der Waals surface area contributed by atoms with E-state index >= 15 is 0 Å². The highest BCUT2D eigenvalue weighted by atomic mass is 32.1. The summed E-state index contributed by atoms with van der Waals surface area (Å²) in [6.07, 6.45) is 0.142. The van der Waals surface area contributed by atoms with Crippen molar-refractivity contribution < 1.29 is 9.53 Å². The highest BCUT2D eigenvalue weighted by molar-refractivity contribution is 7.11. The van der Waals surface area contributed by atoms with Gasteiger partial charge in [0.15, 0.2) is 5.82 Å². The Hall–Kier alpha value is -1.86. The van der Waals surface area contributed by atoms with Crippen LogP contribution in [0.25, 0.3) is 0 Å². The van der Waals surface area contributed by atoms with E-state index in [0.29, 0.717) is 31.9 Å². The number of thiazole rings is 1. The van der Waals surface area contributed by atoms with Crippen LogP contribution in [-0.2, 0) is 16.0 Å². The standard InChI is InChI=1S/C17H22N4O2S/c1-10-7-11(2)19-17(18-10)14-9-21(5-6-23-14)16(22)8-15-12(3)20-13(4)24-15/h7,14H,5-6,8-9H2,1-4H3. The van der Waals surface area contributed by atoms with Crippen molar-refractivity contribution in [2.45, 2.75) is 40.2 Å². The maximum absolute atomic E-state index is 12.6. The molecule has 7 heteroatoms. The van der Waals surface area contributed by atoms with Crippen LogP contribution >= 0.6 is 11.3 Å². The van der Waals surface area contributed by atoms with Gasteiger partial charge in [-0.25, -0.2) is 15.0 Å². The fourth-order valence-electron chi connectivity index (χ4n) is 2.92. The normalized spacial score (nSPS) is 18.0. The lowest BCUT2D eigenvalue weighted by Gasteiger charge is -2.32. The van der Waals surface area contributed by atoms with Crippen LogP contribution in [-0.4, -0.2) is 45.5 Å². The van der Waals surface area contributed by atoms with Crippen molar-refractivity contribution in [3.63, 3.8) is 0 Å². The van der Waals surface area contributed by atoms with E-state index in [0.717, 1.165) is 27.0 Å². The molecule has 0 bridgehead atoms. The Balaban J connectivity index is 1.70. The largest absolute Gasteiger partial charge is 0.367 e. The molecule has 6 nitrogen and oxygen atoms in total. The van der Waals surface area contributed by atoms with Crippen molar-refractivity contribution in [2.24, 2.45) is 0 Å². The summed E-state index contributed by atoms with van der Waals surface area (Å²) in [5, 5.41) is 0.999. The number of ether oxygens (including phenoxy) is 1. The summed E-state index contributed by atoms with van der Waals surface area (Å²) < 4.78 is 5.80. The molecule has 1 unspecified atom stereocenters. The molecule has 0 aliphatic carbocycles. The molecule has 0 spiro atoms. The van der Waals surface area contributed by atoms with E-state index in [2.05, 4.69) is 15.0 Å². The lowest BCUT2D eigenvalue weighted by molar-refractivity contribution is -0.138. The maximum Gasteiger partial charge on any atom is 0.228 e. The maximum atomic E-state index is 12.6. The van der Waals surface area contributed by atoms with Crippen LogP contribution in [0.4, 0.5) is 0 Å². The van der Waals surface area contributed by atoms with Crippen LogP contribution in [0.2, 0.25) is 0 Å². The third-order valence-electron chi connectivity index (χ3n) is 4.02. The molecule has 1 atom stereocenters. The van der Waals surface area contributed by atoms with Gasteiger partial charge in [0.1, 0.15) is 6.10 Å². The van der Waals surface area contributed by atoms with Gasteiger partial charge in [-0.15, -0.1) is 11.3 Å².